The van der Waals surface area contributed by atoms with Crippen LogP contribution in [0, 0.1) is 0 Å². The predicted molar refractivity (Wildman–Crippen MR) is 79.0 cm³/mol. The van der Waals surface area contributed by atoms with Gasteiger partial charge in [-0.1, -0.05) is 12.1 Å². The molecule has 0 aliphatic heterocycles. The molecule has 1 aromatic carbocycles. The van der Waals surface area contributed by atoms with Crippen molar-refractivity contribution in [3.05, 3.63) is 56.2 Å². The molecule has 0 saturated carbocycles. The van der Waals surface area contributed by atoms with Crippen molar-refractivity contribution in [2.24, 2.45) is 0 Å². The highest BCUT2D eigenvalue weighted by Crippen LogP contribution is 2.31. The summed E-state index contributed by atoms with van der Waals surface area (Å²) < 4.78 is 38.6. The van der Waals surface area contributed by atoms with Crippen molar-refractivity contribution in [3.63, 3.8) is 0 Å². The Morgan fingerprint density at radius 1 is 1.15 bits per heavy atom. The van der Waals surface area contributed by atoms with Crippen LogP contribution in [0.2, 0.25) is 0 Å². The number of halogens is 4. The molecular formula is C14H13BrF3NS. The van der Waals surface area contributed by atoms with Crippen LogP contribution in [0.25, 0.3) is 0 Å². The lowest BCUT2D eigenvalue weighted by Crippen LogP contribution is -2.18. The number of alkyl halides is 3. The molecule has 0 aliphatic rings. The molecule has 1 unspecified atom stereocenters. The highest BCUT2D eigenvalue weighted by molar-refractivity contribution is 9.11. The summed E-state index contributed by atoms with van der Waals surface area (Å²) in [6, 6.07) is 9.32. The molecule has 0 bridgehead atoms. The lowest BCUT2D eigenvalue weighted by molar-refractivity contribution is -0.137. The first-order valence-electron chi connectivity index (χ1n) is 5.99. The van der Waals surface area contributed by atoms with Gasteiger partial charge in [-0.05, 0) is 52.8 Å². The van der Waals surface area contributed by atoms with Crippen molar-refractivity contribution < 1.29 is 13.2 Å². The van der Waals surface area contributed by atoms with Crippen LogP contribution in [-0.4, -0.2) is 7.05 Å². The van der Waals surface area contributed by atoms with Crippen LogP contribution in [0.15, 0.2) is 40.2 Å². The number of benzene rings is 1. The first kappa shape index (κ1) is 15.5. The summed E-state index contributed by atoms with van der Waals surface area (Å²) in [7, 11) is 1.81. The molecule has 1 aromatic heterocycles. The van der Waals surface area contributed by atoms with E-state index in [-0.39, 0.29) is 6.04 Å². The maximum absolute atomic E-state index is 12.5. The van der Waals surface area contributed by atoms with Crippen LogP contribution >= 0.6 is 27.3 Å². The fraction of sp³-hybridized carbons (Fsp3) is 0.286. The molecule has 0 saturated heterocycles. The standard InChI is InChI=1S/C14H13BrF3NS/c1-19-12(8-11-6-7-13(15)20-11)9-2-4-10(5-3-9)14(16,17)18/h2-7,12,19H,8H2,1H3. The zero-order valence-corrected chi connectivity index (χ0v) is 13.1. The second-order valence-corrected chi connectivity index (χ2v) is 6.92. The maximum atomic E-state index is 12.5. The van der Waals surface area contributed by atoms with Crippen molar-refractivity contribution in [2.45, 2.75) is 18.6 Å². The second-order valence-electron chi connectivity index (χ2n) is 4.37. The Labute approximate surface area is 128 Å². The molecule has 2 rings (SSSR count). The lowest BCUT2D eigenvalue weighted by Gasteiger charge is -2.16. The molecule has 0 aliphatic carbocycles. The first-order valence-corrected chi connectivity index (χ1v) is 7.59. The van der Waals surface area contributed by atoms with Crippen molar-refractivity contribution in [3.8, 4) is 0 Å². The van der Waals surface area contributed by atoms with E-state index in [0.29, 0.717) is 0 Å². The molecule has 6 heteroatoms. The van der Waals surface area contributed by atoms with Gasteiger partial charge in [0.05, 0.1) is 9.35 Å². The average molecular weight is 364 g/mol. The SMILES string of the molecule is CNC(Cc1ccc(Br)s1)c1ccc(C(F)(F)F)cc1. The Balaban J connectivity index is 2.15. The number of thiophene rings is 1. The third-order valence-corrected chi connectivity index (χ3v) is 4.67. The van der Waals surface area contributed by atoms with E-state index in [1.54, 1.807) is 11.3 Å². The molecule has 1 heterocycles. The van der Waals surface area contributed by atoms with Gasteiger partial charge in [0, 0.05) is 17.3 Å². The van der Waals surface area contributed by atoms with Gasteiger partial charge in [-0.2, -0.15) is 13.2 Å². The van der Waals surface area contributed by atoms with E-state index in [4.69, 9.17) is 0 Å². The Kier molecular flexibility index (Phi) is 4.88. The second kappa shape index (κ2) is 6.28. The summed E-state index contributed by atoms with van der Waals surface area (Å²) in [4.78, 5) is 1.18. The van der Waals surface area contributed by atoms with E-state index in [1.165, 1.54) is 17.0 Å². The fourth-order valence-corrected chi connectivity index (χ4v) is 3.48. The van der Waals surface area contributed by atoms with E-state index in [2.05, 4.69) is 21.2 Å². The van der Waals surface area contributed by atoms with Gasteiger partial charge >= 0.3 is 6.18 Å². The molecule has 2 aromatic rings. The van der Waals surface area contributed by atoms with Crippen molar-refractivity contribution in [1.29, 1.82) is 0 Å². The zero-order valence-electron chi connectivity index (χ0n) is 10.7. The van der Waals surface area contributed by atoms with Crippen molar-refractivity contribution >= 4 is 27.3 Å². The molecule has 0 radical (unpaired) electrons. The smallest absolute Gasteiger partial charge is 0.313 e. The highest BCUT2D eigenvalue weighted by Gasteiger charge is 2.30. The first-order chi connectivity index (χ1) is 9.40. The van der Waals surface area contributed by atoms with Gasteiger partial charge in [0.2, 0.25) is 0 Å². The molecule has 0 fully saturated rings. The largest absolute Gasteiger partial charge is 0.416 e. The molecule has 1 atom stereocenters. The van der Waals surface area contributed by atoms with Crippen LogP contribution in [-0.2, 0) is 12.6 Å². The predicted octanol–water partition coefficient (Wildman–Crippen LogP) is 5.03. The van der Waals surface area contributed by atoms with Crippen LogP contribution < -0.4 is 5.32 Å². The molecular weight excluding hydrogens is 351 g/mol. The molecule has 1 nitrogen and oxygen atoms in total. The van der Waals surface area contributed by atoms with Crippen LogP contribution in [0.5, 0.6) is 0 Å². The van der Waals surface area contributed by atoms with Crippen LogP contribution in [0.3, 0.4) is 0 Å². The quantitative estimate of drug-likeness (QED) is 0.802. The maximum Gasteiger partial charge on any atom is 0.416 e. The number of nitrogens with one attached hydrogen (secondary N) is 1. The third-order valence-electron chi connectivity index (χ3n) is 3.02. The minimum absolute atomic E-state index is 0.00262. The summed E-state index contributed by atoms with van der Waals surface area (Å²) >= 11 is 5.03. The van der Waals surface area contributed by atoms with E-state index in [9.17, 15) is 13.2 Å². The van der Waals surface area contributed by atoms with Gasteiger partial charge in [0.15, 0.2) is 0 Å². The van der Waals surface area contributed by atoms with Crippen LogP contribution in [0.1, 0.15) is 22.0 Å². The summed E-state index contributed by atoms with van der Waals surface area (Å²) in [6.07, 6.45) is -3.54. The summed E-state index contributed by atoms with van der Waals surface area (Å²) in [5, 5.41) is 3.14. The van der Waals surface area contributed by atoms with E-state index in [1.807, 2.05) is 19.2 Å². The lowest BCUT2D eigenvalue weighted by atomic mass is 10.0. The van der Waals surface area contributed by atoms with Gasteiger partial charge in [-0.15, -0.1) is 11.3 Å². The fourth-order valence-electron chi connectivity index (χ4n) is 1.95. The van der Waals surface area contributed by atoms with Gasteiger partial charge in [-0.3, -0.25) is 0 Å². The average Bonchev–Trinajstić information content (AvgIpc) is 2.81. The normalized spacial score (nSPS) is 13.4. The Hall–Kier alpha value is -0.850. The molecule has 0 spiro atoms. The molecule has 0 amide bonds. The van der Waals surface area contributed by atoms with Gasteiger partial charge in [0.25, 0.3) is 0 Å². The van der Waals surface area contributed by atoms with Gasteiger partial charge in [0.1, 0.15) is 0 Å². The Morgan fingerprint density at radius 3 is 2.25 bits per heavy atom. The Bertz CT molecular complexity index is 563. The zero-order chi connectivity index (χ0) is 14.8. The molecule has 20 heavy (non-hydrogen) atoms. The monoisotopic (exact) mass is 363 g/mol. The van der Waals surface area contributed by atoms with Crippen molar-refractivity contribution in [2.75, 3.05) is 7.05 Å². The van der Waals surface area contributed by atoms with E-state index >= 15 is 0 Å². The van der Waals surface area contributed by atoms with Gasteiger partial charge < -0.3 is 5.32 Å². The summed E-state index contributed by atoms with van der Waals surface area (Å²) in [5.41, 5.74) is 0.236. The highest BCUT2D eigenvalue weighted by atomic mass is 79.9. The van der Waals surface area contributed by atoms with E-state index < -0.39 is 11.7 Å². The summed E-state index contributed by atoms with van der Waals surface area (Å²) in [5.74, 6) is 0. The Morgan fingerprint density at radius 2 is 1.80 bits per heavy atom. The number of rotatable bonds is 4. The van der Waals surface area contributed by atoms with Crippen molar-refractivity contribution in [1.82, 2.24) is 5.32 Å². The number of hydrogen-bond donors (Lipinski definition) is 1. The van der Waals surface area contributed by atoms with Crippen LogP contribution in [0.4, 0.5) is 13.2 Å². The number of likely N-dealkylation sites (N-methyl/N-ethyl adjacent to an activating group) is 1. The summed E-state index contributed by atoms with van der Waals surface area (Å²) in [6.45, 7) is 0. The number of hydrogen-bond acceptors (Lipinski definition) is 2. The molecule has 108 valence electrons. The molecule has 1 N–H and O–H groups in total. The minimum Gasteiger partial charge on any atom is -0.313 e. The van der Waals surface area contributed by atoms with E-state index in [0.717, 1.165) is 27.9 Å². The minimum atomic E-state index is -4.29. The topological polar surface area (TPSA) is 12.0 Å². The third kappa shape index (κ3) is 3.84. The van der Waals surface area contributed by atoms with Gasteiger partial charge in [-0.25, -0.2) is 0 Å².